The molecule has 2 aromatic carbocycles. The number of hydrogen-bond donors (Lipinski definition) is 1. The Morgan fingerprint density at radius 2 is 1.93 bits per heavy atom. The molecule has 1 aliphatic rings. The summed E-state index contributed by atoms with van der Waals surface area (Å²) in [6, 6.07) is 17.5. The average molecular weight is 572 g/mol. The van der Waals surface area contributed by atoms with Crippen LogP contribution in [0.25, 0.3) is 0 Å². The van der Waals surface area contributed by atoms with Crippen LogP contribution >= 0.6 is 11.3 Å². The van der Waals surface area contributed by atoms with Gasteiger partial charge in [0.05, 0.1) is 23.3 Å². The lowest BCUT2D eigenvalue weighted by molar-refractivity contribution is -0.384. The van der Waals surface area contributed by atoms with Crippen LogP contribution in [0.1, 0.15) is 64.9 Å². The minimum atomic E-state index is -0.421. The molecule has 4 aromatic rings. The topological polar surface area (TPSA) is 107 Å². The molecule has 0 bridgehead atoms. The number of furan rings is 1. The molecule has 8 nitrogen and oxygen atoms in total. The molecule has 0 saturated carbocycles. The highest BCUT2D eigenvalue weighted by atomic mass is 32.1. The van der Waals surface area contributed by atoms with Crippen LogP contribution in [0.15, 0.2) is 76.3 Å². The predicted octanol–water partition coefficient (Wildman–Crippen LogP) is 7.66. The predicted molar refractivity (Wildman–Crippen MR) is 160 cm³/mol. The maximum absolute atomic E-state index is 13.4. The van der Waals surface area contributed by atoms with Gasteiger partial charge in [-0.1, -0.05) is 20.8 Å². The van der Waals surface area contributed by atoms with E-state index in [2.05, 4.69) is 26.1 Å². The number of amides is 1. The molecular weight excluding hydrogens is 538 g/mol. The van der Waals surface area contributed by atoms with Crippen molar-refractivity contribution in [1.29, 1.82) is 0 Å². The summed E-state index contributed by atoms with van der Waals surface area (Å²) in [4.78, 5) is 29.9. The van der Waals surface area contributed by atoms with Crippen LogP contribution in [0.5, 0.6) is 5.75 Å². The molecule has 1 amide bonds. The Kier molecular flexibility index (Phi) is 8.35. The Hall–Kier alpha value is -4.24. The summed E-state index contributed by atoms with van der Waals surface area (Å²) < 4.78 is 11.2. The number of nitro benzene ring substituents is 1. The molecule has 9 heteroatoms. The molecule has 1 aliphatic carbocycles. The standard InChI is InChI=1S/C32H33N3O5S/c1-32(2,3)23-10-15-27-28(17-23)41-31(29(27)30(36)33-19-26-5-4-16-39-26)34-18-21-8-13-25(14-9-21)40-20-22-6-11-24(12-7-22)35(37)38/h4-9,11-14,16,18,23H,10,15,17,19-20H2,1-3H3,(H,33,36)/t23-/m1/s1. The molecule has 0 unspecified atom stereocenters. The molecule has 0 fully saturated rings. The second kappa shape index (κ2) is 12.1. The van der Waals surface area contributed by atoms with E-state index in [0.29, 0.717) is 36.1 Å². The van der Waals surface area contributed by atoms with E-state index in [4.69, 9.17) is 14.1 Å². The molecule has 0 spiro atoms. The largest absolute Gasteiger partial charge is 0.489 e. The zero-order valence-electron chi connectivity index (χ0n) is 23.4. The fourth-order valence-corrected chi connectivity index (χ4v) is 6.24. The van der Waals surface area contributed by atoms with Crippen LogP contribution in [0.2, 0.25) is 0 Å². The summed E-state index contributed by atoms with van der Waals surface area (Å²) in [5.41, 5.74) is 3.77. The summed E-state index contributed by atoms with van der Waals surface area (Å²) in [7, 11) is 0. The maximum Gasteiger partial charge on any atom is 0.269 e. The number of hydrogen-bond acceptors (Lipinski definition) is 7. The van der Waals surface area contributed by atoms with Crippen LogP contribution in [-0.4, -0.2) is 17.0 Å². The number of nitrogens with one attached hydrogen (secondary N) is 1. The zero-order valence-corrected chi connectivity index (χ0v) is 24.2. The lowest BCUT2D eigenvalue weighted by Crippen LogP contribution is -2.28. The normalized spacial score (nSPS) is 15.0. The summed E-state index contributed by atoms with van der Waals surface area (Å²) in [5, 5.41) is 14.6. The van der Waals surface area contributed by atoms with Crippen molar-refractivity contribution >= 4 is 34.1 Å². The first-order valence-corrected chi connectivity index (χ1v) is 14.4. The third-order valence-corrected chi connectivity index (χ3v) is 8.63. The Morgan fingerprint density at radius 1 is 1.17 bits per heavy atom. The van der Waals surface area contributed by atoms with E-state index in [9.17, 15) is 14.9 Å². The number of nitrogens with zero attached hydrogens (tertiary/aromatic N) is 2. The average Bonchev–Trinajstić information content (AvgIpc) is 3.61. The van der Waals surface area contributed by atoms with Gasteiger partial charge in [0.25, 0.3) is 11.6 Å². The third kappa shape index (κ3) is 6.92. The summed E-state index contributed by atoms with van der Waals surface area (Å²) in [6.45, 7) is 7.48. The second-order valence-electron chi connectivity index (χ2n) is 11.3. The minimum Gasteiger partial charge on any atom is -0.489 e. The first-order valence-electron chi connectivity index (χ1n) is 13.6. The number of aliphatic imine (C=N–C) groups is 1. The molecule has 0 saturated heterocycles. The molecule has 1 atom stereocenters. The van der Waals surface area contributed by atoms with Crippen molar-refractivity contribution in [3.05, 3.63) is 110 Å². The molecule has 0 radical (unpaired) electrons. The molecule has 212 valence electrons. The van der Waals surface area contributed by atoms with Gasteiger partial charge in [-0.2, -0.15) is 0 Å². The molecule has 5 rings (SSSR count). The highest BCUT2D eigenvalue weighted by Gasteiger charge is 2.33. The quantitative estimate of drug-likeness (QED) is 0.126. The van der Waals surface area contributed by atoms with Crippen molar-refractivity contribution < 1.29 is 18.9 Å². The number of fused-ring (bicyclic) bond motifs is 1. The van der Waals surface area contributed by atoms with Crippen LogP contribution in [0.3, 0.4) is 0 Å². The number of thiophene rings is 1. The zero-order chi connectivity index (χ0) is 29.0. The van der Waals surface area contributed by atoms with E-state index in [1.165, 1.54) is 17.0 Å². The molecule has 0 aliphatic heterocycles. The van der Waals surface area contributed by atoms with Crippen molar-refractivity contribution in [3.63, 3.8) is 0 Å². The number of nitro groups is 1. The van der Waals surface area contributed by atoms with Gasteiger partial charge in [-0.05, 0) is 95.8 Å². The third-order valence-electron chi connectivity index (χ3n) is 7.47. The lowest BCUT2D eigenvalue weighted by atomic mass is 9.72. The van der Waals surface area contributed by atoms with Crippen LogP contribution in [-0.2, 0) is 26.0 Å². The molecule has 41 heavy (non-hydrogen) atoms. The smallest absolute Gasteiger partial charge is 0.269 e. The van der Waals surface area contributed by atoms with E-state index < -0.39 is 4.92 Å². The minimum absolute atomic E-state index is 0.0520. The SMILES string of the molecule is CC(C)(C)[C@@H]1CCc2c(sc(N=Cc3ccc(OCc4ccc([N+](=O)[O-])cc4)cc3)c2C(=O)NCc2ccco2)C1. The van der Waals surface area contributed by atoms with Crippen molar-refractivity contribution in [2.75, 3.05) is 0 Å². The number of ether oxygens (including phenoxy) is 1. The van der Waals surface area contributed by atoms with Gasteiger partial charge in [-0.15, -0.1) is 11.3 Å². The van der Waals surface area contributed by atoms with Gasteiger partial charge in [0.1, 0.15) is 23.1 Å². The Labute approximate surface area is 243 Å². The molecule has 2 aromatic heterocycles. The van der Waals surface area contributed by atoms with Crippen molar-refractivity contribution in [1.82, 2.24) is 5.32 Å². The Bertz CT molecular complexity index is 1530. The highest BCUT2D eigenvalue weighted by molar-refractivity contribution is 7.16. The Balaban J connectivity index is 1.30. The number of carbonyl (C=O) groups is 1. The van der Waals surface area contributed by atoms with Crippen LogP contribution in [0, 0.1) is 21.4 Å². The van der Waals surface area contributed by atoms with Gasteiger partial charge in [-0.3, -0.25) is 14.9 Å². The Morgan fingerprint density at radius 3 is 2.59 bits per heavy atom. The number of rotatable bonds is 9. The van der Waals surface area contributed by atoms with Gasteiger partial charge in [0.15, 0.2) is 0 Å². The monoisotopic (exact) mass is 571 g/mol. The molecule has 1 N–H and O–H groups in total. The van der Waals surface area contributed by atoms with Gasteiger partial charge in [0, 0.05) is 23.2 Å². The van der Waals surface area contributed by atoms with Crippen molar-refractivity contribution in [2.45, 2.75) is 53.2 Å². The summed E-state index contributed by atoms with van der Waals surface area (Å²) in [5.74, 6) is 1.81. The fraction of sp³-hybridized carbons (Fsp3) is 0.312. The lowest BCUT2D eigenvalue weighted by Gasteiger charge is -2.33. The van der Waals surface area contributed by atoms with Crippen LogP contribution in [0.4, 0.5) is 10.7 Å². The second-order valence-corrected chi connectivity index (χ2v) is 12.4. The molecule has 2 heterocycles. The van der Waals surface area contributed by atoms with Gasteiger partial charge in [-0.25, -0.2) is 4.99 Å². The summed E-state index contributed by atoms with van der Waals surface area (Å²) >= 11 is 1.62. The summed E-state index contributed by atoms with van der Waals surface area (Å²) in [6.07, 6.45) is 6.26. The first-order chi connectivity index (χ1) is 19.7. The van der Waals surface area contributed by atoms with E-state index in [-0.39, 0.29) is 17.0 Å². The van der Waals surface area contributed by atoms with E-state index >= 15 is 0 Å². The van der Waals surface area contributed by atoms with Gasteiger partial charge < -0.3 is 14.5 Å². The fourth-order valence-electron chi connectivity index (χ4n) is 4.97. The van der Waals surface area contributed by atoms with E-state index in [1.54, 1.807) is 35.9 Å². The van der Waals surface area contributed by atoms with Crippen molar-refractivity contribution in [2.24, 2.45) is 16.3 Å². The van der Waals surface area contributed by atoms with Crippen LogP contribution < -0.4 is 10.1 Å². The van der Waals surface area contributed by atoms with Gasteiger partial charge >= 0.3 is 0 Å². The van der Waals surface area contributed by atoms with E-state index in [0.717, 1.165) is 41.0 Å². The first kappa shape index (κ1) is 28.3. The number of benzene rings is 2. The highest BCUT2D eigenvalue weighted by Crippen LogP contribution is 2.45. The maximum atomic E-state index is 13.4. The van der Waals surface area contributed by atoms with Gasteiger partial charge in [0.2, 0.25) is 0 Å². The number of non-ortho nitro benzene ring substituents is 1. The van der Waals surface area contributed by atoms with E-state index in [1.807, 2.05) is 36.4 Å². The number of carbonyl (C=O) groups excluding carboxylic acids is 1. The molecular formula is C32H33N3O5S. The van der Waals surface area contributed by atoms with Crippen molar-refractivity contribution in [3.8, 4) is 5.75 Å².